The molecular formula is C12H10F3N3. The molecule has 18 heavy (non-hydrogen) atoms. The highest BCUT2D eigenvalue weighted by molar-refractivity contribution is 5.58. The molecule has 0 saturated carbocycles. The quantitative estimate of drug-likeness (QED) is 0.795. The molecule has 0 bridgehead atoms. The van der Waals surface area contributed by atoms with Crippen molar-refractivity contribution in [2.45, 2.75) is 13.1 Å². The zero-order valence-electron chi connectivity index (χ0n) is 9.49. The third kappa shape index (κ3) is 2.58. The topological polar surface area (TPSA) is 51.8 Å². The molecule has 0 spiro atoms. The van der Waals surface area contributed by atoms with Crippen molar-refractivity contribution in [3.8, 4) is 11.4 Å². The highest BCUT2D eigenvalue weighted by atomic mass is 19.4. The molecule has 0 aliphatic heterocycles. The van der Waals surface area contributed by atoms with E-state index >= 15 is 0 Å². The average Bonchev–Trinajstić information content (AvgIpc) is 2.28. The molecule has 0 aliphatic rings. The zero-order valence-corrected chi connectivity index (χ0v) is 9.49. The summed E-state index contributed by atoms with van der Waals surface area (Å²) in [5, 5.41) is 0. The van der Waals surface area contributed by atoms with Crippen LogP contribution in [0.25, 0.3) is 11.4 Å². The number of nitrogens with two attached hydrogens (primary N) is 1. The summed E-state index contributed by atoms with van der Waals surface area (Å²) in [6, 6.07) is 7.28. The van der Waals surface area contributed by atoms with E-state index < -0.39 is 11.9 Å². The standard InChI is InChI=1S/C12H10F3N3/c1-7-6-10(12(13,14)15)18-11(17-7)8-2-4-9(16)5-3-8/h2-6H,16H2,1H3. The minimum Gasteiger partial charge on any atom is -0.399 e. The number of nitrogens with zero attached hydrogens (tertiary/aromatic N) is 2. The van der Waals surface area contributed by atoms with Gasteiger partial charge in [-0.15, -0.1) is 0 Å². The maximum absolute atomic E-state index is 12.6. The van der Waals surface area contributed by atoms with Crippen LogP contribution in [0, 0.1) is 6.92 Å². The molecule has 0 saturated heterocycles. The van der Waals surface area contributed by atoms with Crippen molar-refractivity contribution in [3.05, 3.63) is 41.7 Å². The number of aryl methyl sites for hydroxylation is 1. The lowest BCUT2D eigenvalue weighted by Gasteiger charge is -2.09. The van der Waals surface area contributed by atoms with Crippen LogP contribution >= 0.6 is 0 Å². The van der Waals surface area contributed by atoms with Gasteiger partial charge in [0.2, 0.25) is 0 Å². The van der Waals surface area contributed by atoms with Crippen molar-refractivity contribution in [3.63, 3.8) is 0 Å². The van der Waals surface area contributed by atoms with Gasteiger partial charge in [0.15, 0.2) is 5.82 Å². The first kappa shape index (κ1) is 12.3. The van der Waals surface area contributed by atoms with E-state index in [-0.39, 0.29) is 11.5 Å². The normalized spacial score (nSPS) is 11.6. The van der Waals surface area contributed by atoms with Gasteiger partial charge in [0, 0.05) is 16.9 Å². The second kappa shape index (κ2) is 4.29. The summed E-state index contributed by atoms with van der Waals surface area (Å²) in [6.07, 6.45) is -4.48. The summed E-state index contributed by atoms with van der Waals surface area (Å²) in [6.45, 7) is 1.50. The lowest BCUT2D eigenvalue weighted by atomic mass is 10.2. The Morgan fingerprint density at radius 3 is 2.22 bits per heavy atom. The molecule has 1 aromatic carbocycles. The summed E-state index contributed by atoms with van der Waals surface area (Å²) in [4.78, 5) is 7.52. The van der Waals surface area contributed by atoms with E-state index in [1.54, 1.807) is 24.3 Å². The zero-order chi connectivity index (χ0) is 13.3. The molecule has 0 amide bonds. The molecule has 0 radical (unpaired) electrons. The van der Waals surface area contributed by atoms with Crippen LogP contribution < -0.4 is 5.73 Å². The molecule has 1 heterocycles. The number of rotatable bonds is 1. The molecule has 0 unspecified atom stereocenters. The fraction of sp³-hybridized carbons (Fsp3) is 0.167. The summed E-state index contributed by atoms with van der Waals surface area (Å²) >= 11 is 0. The van der Waals surface area contributed by atoms with Crippen molar-refractivity contribution < 1.29 is 13.2 Å². The minimum absolute atomic E-state index is 0.0438. The second-order valence-electron chi connectivity index (χ2n) is 3.84. The summed E-state index contributed by atoms with van der Waals surface area (Å²) in [7, 11) is 0. The maximum atomic E-state index is 12.6. The first-order chi connectivity index (χ1) is 8.36. The Bertz CT molecular complexity index is 562. The van der Waals surface area contributed by atoms with Crippen molar-refractivity contribution in [2.24, 2.45) is 0 Å². The lowest BCUT2D eigenvalue weighted by Crippen LogP contribution is -2.10. The minimum atomic E-state index is -4.48. The smallest absolute Gasteiger partial charge is 0.399 e. The lowest BCUT2D eigenvalue weighted by molar-refractivity contribution is -0.141. The number of hydrogen-bond donors (Lipinski definition) is 1. The Balaban J connectivity index is 2.52. The highest BCUT2D eigenvalue weighted by Crippen LogP contribution is 2.29. The predicted octanol–water partition coefficient (Wildman–Crippen LogP) is 3.05. The highest BCUT2D eigenvalue weighted by Gasteiger charge is 2.33. The molecule has 2 aromatic rings. The van der Waals surface area contributed by atoms with Crippen LogP contribution in [0.4, 0.5) is 18.9 Å². The number of hydrogen-bond acceptors (Lipinski definition) is 3. The van der Waals surface area contributed by atoms with Crippen molar-refractivity contribution >= 4 is 5.69 Å². The van der Waals surface area contributed by atoms with Crippen molar-refractivity contribution in [1.82, 2.24) is 9.97 Å². The molecular weight excluding hydrogens is 243 g/mol. The molecule has 6 heteroatoms. The number of nitrogen functional groups attached to an aromatic ring is 1. The number of halogens is 3. The van der Waals surface area contributed by atoms with Gasteiger partial charge in [0.05, 0.1) is 0 Å². The molecule has 3 nitrogen and oxygen atoms in total. The third-order valence-corrected chi connectivity index (χ3v) is 2.31. The van der Waals surface area contributed by atoms with Crippen LogP contribution in [0.1, 0.15) is 11.4 Å². The van der Waals surface area contributed by atoms with Gasteiger partial charge in [-0.05, 0) is 37.3 Å². The van der Waals surface area contributed by atoms with Gasteiger partial charge >= 0.3 is 6.18 Å². The summed E-state index contributed by atoms with van der Waals surface area (Å²) in [5.74, 6) is 0.0438. The van der Waals surface area contributed by atoms with E-state index in [4.69, 9.17) is 5.73 Å². The average molecular weight is 253 g/mol. The first-order valence-corrected chi connectivity index (χ1v) is 5.15. The molecule has 0 fully saturated rings. The maximum Gasteiger partial charge on any atom is 0.433 e. The molecule has 0 atom stereocenters. The van der Waals surface area contributed by atoms with Gasteiger partial charge in [-0.25, -0.2) is 9.97 Å². The van der Waals surface area contributed by atoms with Gasteiger partial charge in [0.1, 0.15) is 5.69 Å². The fourth-order valence-corrected chi connectivity index (χ4v) is 1.48. The predicted molar refractivity (Wildman–Crippen MR) is 61.6 cm³/mol. The Kier molecular flexibility index (Phi) is 2.94. The van der Waals surface area contributed by atoms with Crippen molar-refractivity contribution in [1.29, 1.82) is 0 Å². The van der Waals surface area contributed by atoms with Gasteiger partial charge in [0.25, 0.3) is 0 Å². The summed E-state index contributed by atoms with van der Waals surface area (Å²) < 4.78 is 37.9. The monoisotopic (exact) mass is 253 g/mol. The van der Waals surface area contributed by atoms with E-state index in [1.165, 1.54) is 6.92 Å². The largest absolute Gasteiger partial charge is 0.433 e. The van der Waals surface area contributed by atoms with Gasteiger partial charge in [-0.3, -0.25) is 0 Å². The number of aromatic nitrogens is 2. The SMILES string of the molecule is Cc1cc(C(F)(F)F)nc(-c2ccc(N)cc2)n1. The van der Waals surface area contributed by atoms with E-state index in [0.29, 0.717) is 11.3 Å². The van der Waals surface area contributed by atoms with E-state index in [0.717, 1.165) is 6.07 Å². The molecule has 94 valence electrons. The Morgan fingerprint density at radius 2 is 1.67 bits per heavy atom. The van der Waals surface area contributed by atoms with Crippen LogP contribution in [0.5, 0.6) is 0 Å². The molecule has 1 aromatic heterocycles. The molecule has 2 N–H and O–H groups in total. The Morgan fingerprint density at radius 1 is 1.06 bits per heavy atom. The van der Waals surface area contributed by atoms with Gasteiger partial charge in [-0.1, -0.05) is 0 Å². The Labute approximate surface area is 101 Å². The summed E-state index contributed by atoms with van der Waals surface area (Å²) in [5.41, 5.74) is 5.87. The fourth-order valence-electron chi connectivity index (χ4n) is 1.48. The van der Waals surface area contributed by atoms with Gasteiger partial charge < -0.3 is 5.73 Å². The molecule has 0 aliphatic carbocycles. The van der Waals surface area contributed by atoms with E-state index in [9.17, 15) is 13.2 Å². The van der Waals surface area contributed by atoms with Crippen molar-refractivity contribution in [2.75, 3.05) is 5.73 Å². The number of benzene rings is 1. The Hall–Kier alpha value is -2.11. The number of anilines is 1. The first-order valence-electron chi connectivity index (χ1n) is 5.15. The van der Waals surface area contributed by atoms with Crippen LogP contribution in [-0.4, -0.2) is 9.97 Å². The number of alkyl halides is 3. The molecule has 2 rings (SSSR count). The van der Waals surface area contributed by atoms with Crippen LogP contribution in [-0.2, 0) is 6.18 Å². The third-order valence-electron chi connectivity index (χ3n) is 2.31. The van der Waals surface area contributed by atoms with Crippen LogP contribution in [0.2, 0.25) is 0 Å². The van der Waals surface area contributed by atoms with Gasteiger partial charge in [-0.2, -0.15) is 13.2 Å². The van der Waals surface area contributed by atoms with E-state index in [2.05, 4.69) is 9.97 Å². The second-order valence-corrected chi connectivity index (χ2v) is 3.84. The van der Waals surface area contributed by atoms with E-state index in [1.807, 2.05) is 0 Å². The van der Waals surface area contributed by atoms with Crippen LogP contribution in [0.15, 0.2) is 30.3 Å². The van der Waals surface area contributed by atoms with Crippen LogP contribution in [0.3, 0.4) is 0 Å².